The lowest BCUT2D eigenvalue weighted by molar-refractivity contribution is 0.0692. The second-order valence-electron chi connectivity index (χ2n) is 8.62. The maximum Gasteiger partial charge on any atom is 0.341 e. The maximum absolute atomic E-state index is 14.0. The molecule has 188 valence electrons. The van der Waals surface area contributed by atoms with Crippen molar-refractivity contribution in [1.29, 1.82) is 0 Å². The predicted octanol–water partition coefficient (Wildman–Crippen LogP) is 4.04. The van der Waals surface area contributed by atoms with Crippen molar-refractivity contribution in [1.82, 2.24) is 4.90 Å². The summed E-state index contributed by atoms with van der Waals surface area (Å²) in [5.74, 6) is -1.70. The summed E-state index contributed by atoms with van der Waals surface area (Å²) in [6.07, 6.45) is 5.30. The molecule has 2 N–H and O–H groups in total. The van der Waals surface area contributed by atoms with Crippen molar-refractivity contribution in [3.05, 3.63) is 53.4 Å². The largest absolute Gasteiger partial charge is 0.488 e. The van der Waals surface area contributed by atoms with E-state index in [1.54, 1.807) is 18.2 Å². The van der Waals surface area contributed by atoms with Gasteiger partial charge in [0.15, 0.2) is 5.75 Å². The van der Waals surface area contributed by atoms with Crippen molar-refractivity contribution in [3.63, 3.8) is 0 Å². The van der Waals surface area contributed by atoms with Gasteiger partial charge in [0.1, 0.15) is 18.0 Å². The fourth-order valence-corrected chi connectivity index (χ4v) is 5.91. The zero-order valence-electron chi connectivity index (χ0n) is 19.8. The van der Waals surface area contributed by atoms with Gasteiger partial charge in [0.2, 0.25) is 0 Å². The van der Waals surface area contributed by atoms with E-state index in [9.17, 15) is 22.7 Å². The fourth-order valence-electron chi connectivity index (χ4n) is 4.65. The Balaban J connectivity index is 1.68. The fraction of sp³-hybridized carbons (Fsp3) is 0.400. The number of fused-ring (bicyclic) bond motifs is 3. The summed E-state index contributed by atoms with van der Waals surface area (Å²) >= 11 is 0. The van der Waals surface area contributed by atoms with Crippen LogP contribution in [-0.4, -0.2) is 63.2 Å². The Labute approximate surface area is 205 Å². The average molecular weight is 504 g/mol. The van der Waals surface area contributed by atoms with Crippen molar-refractivity contribution in [2.45, 2.75) is 37.6 Å². The van der Waals surface area contributed by atoms with Gasteiger partial charge in [0, 0.05) is 13.1 Å². The second-order valence-corrected chi connectivity index (χ2v) is 10.3. The number of nitrogens with zero attached hydrogens (tertiary/aromatic N) is 2. The summed E-state index contributed by atoms with van der Waals surface area (Å²) in [7, 11) is -4.24. The van der Waals surface area contributed by atoms with Crippen LogP contribution in [0.4, 0.5) is 15.8 Å². The highest BCUT2D eigenvalue weighted by Gasteiger charge is 2.35. The normalized spacial score (nSPS) is 17.4. The van der Waals surface area contributed by atoms with Crippen LogP contribution in [0.15, 0.2) is 41.3 Å². The first kappa shape index (κ1) is 25.0. The molecule has 2 aromatic carbocycles. The third-order valence-electron chi connectivity index (χ3n) is 6.52. The highest BCUT2D eigenvalue weighted by Crippen LogP contribution is 2.43. The number of carboxylic acids is 1. The minimum atomic E-state index is -4.24. The smallest absolute Gasteiger partial charge is 0.341 e. The van der Waals surface area contributed by atoms with E-state index in [1.807, 2.05) is 13.8 Å². The van der Waals surface area contributed by atoms with Gasteiger partial charge in [-0.2, -0.15) is 0 Å². The highest BCUT2D eigenvalue weighted by atomic mass is 32.2. The molecule has 0 bridgehead atoms. The van der Waals surface area contributed by atoms with E-state index >= 15 is 0 Å². The van der Waals surface area contributed by atoms with Gasteiger partial charge in [-0.15, -0.1) is 0 Å². The summed E-state index contributed by atoms with van der Waals surface area (Å²) in [5.41, 5.74) is 0.491. The standard InChI is InChI=1S/C25H30FN3O5S/c1-3-28(4-2)13-5-7-17-15-18(26)9-12-22(17)35(32,33)27-20-10-11-21-24(23(20)25(30)31)34-16-19-8-6-14-29(19)21/h5,7,9-12,15,19,27H,3-4,6,8,13-14,16H2,1-2H3,(H,30,31)/b7-5-/t19-/m0/s1. The van der Waals surface area contributed by atoms with Crippen LogP contribution in [0.2, 0.25) is 0 Å². The third-order valence-corrected chi connectivity index (χ3v) is 7.96. The Morgan fingerprint density at radius 1 is 1.29 bits per heavy atom. The van der Waals surface area contributed by atoms with Gasteiger partial charge in [-0.05, 0) is 61.8 Å². The lowest BCUT2D eigenvalue weighted by atomic mass is 10.1. The molecule has 2 aliphatic heterocycles. The van der Waals surface area contributed by atoms with Gasteiger partial charge in [-0.3, -0.25) is 4.72 Å². The topological polar surface area (TPSA) is 99.2 Å². The number of benzene rings is 2. The predicted molar refractivity (Wildman–Crippen MR) is 133 cm³/mol. The summed E-state index contributed by atoms with van der Waals surface area (Å²) in [5, 5.41) is 9.94. The number of ether oxygens (including phenoxy) is 1. The van der Waals surface area contributed by atoms with E-state index in [4.69, 9.17) is 4.74 Å². The molecule has 0 unspecified atom stereocenters. The van der Waals surface area contributed by atoms with Gasteiger partial charge in [0.05, 0.1) is 22.3 Å². The molecule has 1 fully saturated rings. The molecule has 35 heavy (non-hydrogen) atoms. The van der Waals surface area contributed by atoms with Crippen molar-refractivity contribution in [2.75, 3.05) is 42.4 Å². The number of carbonyl (C=O) groups is 1. The van der Waals surface area contributed by atoms with Gasteiger partial charge >= 0.3 is 5.97 Å². The highest BCUT2D eigenvalue weighted by molar-refractivity contribution is 7.92. The number of anilines is 2. The SMILES string of the molecule is CCN(CC)C/C=C\c1cc(F)ccc1S(=O)(=O)Nc1ccc2c(c1C(=O)O)OC[C@@H]1CCCN21. The zero-order valence-corrected chi connectivity index (χ0v) is 20.6. The Hall–Kier alpha value is -3.11. The molecule has 0 aromatic heterocycles. The van der Waals surface area contributed by atoms with Crippen LogP contribution in [0.3, 0.4) is 0 Å². The number of likely N-dealkylation sites (N-methyl/N-ethyl adjacent to an activating group) is 1. The minimum Gasteiger partial charge on any atom is -0.488 e. The molecule has 1 atom stereocenters. The van der Waals surface area contributed by atoms with Gasteiger partial charge < -0.3 is 19.6 Å². The van der Waals surface area contributed by atoms with E-state index in [1.165, 1.54) is 12.1 Å². The number of sulfonamides is 1. The number of hydrogen-bond acceptors (Lipinski definition) is 6. The number of halogens is 1. The Bertz CT molecular complexity index is 1240. The number of carboxylic acid groups (broad SMARTS) is 1. The molecule has 2 heterocycles. The Morgan fingerprint density at radius 3 is 2.77 bits per heavy atom. The first-order valence-electron chi connectivity index (χ1n) is 11.8. The lowest BCUT2D eigenvalue weighted by Crippen LogP contribution is -2.38. The van der Waals surface area contributed by atoms with E-state index in [0.29, 0.717) is 18.8 Å². The molecule has 2 aliphatic rings. The molecule has 10 heteroatoms. The number of rotatable bonds is 9. The average Bonchev–Trinajstić information content (AvgIpc) is 3.30. The van der Waals surface area contributed by atoms with Crippen LogP contribution in [0.5, 0.6) is 5.75 Å². The van der Waals surface area contributed by atoms with Gasteiger partial charge in [-0.1, -0.05) is 26.0 Å². The molecule has 2 aromatic rings. The van der Waals surface area contributed by atoms with Crippen LogP contribution in [0.25, 0.3) is 6.08 Å². The molecule has 4 rings (SSSR count). The van der Waals surface area contributed by atoms with E-state index in [2.05, 4.69) is 14.5 Å². The first-order valence-corrected chi connectivity index (χ1v) is 13.2. The number of aromatic carboxylic acids is 1. The van der Waals surface area contributed by atoms with Crippen LogP contribution in [0, 0.1) is 5.82 Å². The van der Waals surface area contributed by atoms with Crippen molar-refractivity contribution in [2.24, 2.45) is 0 Å². The van der Waals surface area contributed by atoms with Crippen LogP contribution in [-0.2, 0) is 10.0 Å². The van der Waals surface area contributed by atoms with E-state index in [0.717, 1.165) is 44.6 Å². The van der Waals surface area contributed by atoms with Crippen molar-refractivity contribution >= 4 is 33.4 Å². The second kappa shape index (κ2) is 10.2. The van der Waals surface area contributed by atoms with Crippen molar-refractivity contribution < 1.29 is 27.4 Å². The minimum absolute atomic E-state index is 0.101. The molecule has 0 aliphatic carbocycles. The quantitative estimate of drug-likeness (QED) is 0.533. The van der Waals surface area contributed by atoms with Crippen molar-refractivity contribution in [3.8, 4) is 5.75 Å². The summed E-state index contributed by atoms with van der Waals surface area (Å²) in [4.78, 5) is 16.3. The number of hydrogen-bond donors (Lipinski definition) is 2. The molecule has 0 amide bonds. The monoisotopic (exact) mass is 503 g/mol. The van der Waals surface area contributed by atoms with Gasteiger partial charge in [-0.25, -0.2) is 17.6 Å². The third kappa shape index (κ3) is 5.13. The van der Waals surface area contributed by atoms with Crippen LogP contribution < -0.4 is 14.4 Å². The molecule has 0 saturated carbocycles. The molecular formula is C25H30FN3O5S. The van der Waals surface area contributed by atoms with E-state index < -0.39 is 21.8 Å². The maximum atomic E-state index is 14.0. The summed E-state index contributed by atoms with van der Waals surface area (Å²) < 4.78 is 48.9. The van der Waals surface area contributed by atoms with Crippen LogP contribution >= 0.6 is 0 Å². The number of nitrogens with one attached hydrogen (secondary N) is 1. The molecule has 0 radical (unpaired) electrons. The van der Waals surface area contributed by atoms with Gasteiger partial charge in [0.25, 0.3) is 10.0 Å². The summed E-state index contributed by atoms with van der Waals surface area (Å²) in [6.45, 7) is 7.42. The lowest BCUT2D eigenvalue weighted by Gasteiger charge is -2.34. The Kier molecular flexibility index (Phi) is 7.32. The molecule has 1 saturated heterocycles. The zero-order chi connectivity index (χ0) is 25.2. The first-order chi connectivity index (χ1) is 16.7. The molecule has 0 spiro atoms. The molecular weight excluding hydrogens is 473 g/mol. The molecule has 8 nitrogen and oxygen atoms in total. The Morgan fingerprint density at radius 2 is 2.06 bits per heavy atom. The van der Waals surface area contributed by atoms with Crippen LogP contribution in [0.1, 0.15) is 42.6 Å². The van der Waals surface area contributed by atoms with E-state index in [-0.39, 0.29) is 33.5 Å². The summed E-state index contributed by atoms with van der Waals surface area (Å²) in [6, 6.07) is 6.72.